The number of rotatable bonds is 8. The van der Waals surface area contributed by atoms with Gasteiger partial charge in [0.25, 0.3) is 0 Å². The van der Waals surface area contributed by atoms with Crippen molar-refractivity contribution in [1.82, 2.24) is 10.6 Å². The molecule has 1 atom stereocenters. The molecule has 0 saturated carbocycles. The topological polar surface area (TPSA) is 50.4 Å². The Kier molecular flexibility index (Phi) is 10.3. The standard InChI is InChI=1S/C17H25BrN2O2.ClH/c18-15-6-1-2-7-16(15)22-12-4-8-17(21)20-11-9-14-5-3-10-19-13-14;/h1-2,6-7,14,19H,3-5,8-13H2,(H,20,21);1H. The molecule has 1 aromatic carbocycles. The first kappa shape index (κ1) is 20.3. The average molecular weight is 406 g/mol. The molecule has 130 valence electrons. The molecule has 1 aliphatic rings. The molecule has 1 aromatic rings. The fourth-order valence-corrected chi connectivity index (χ4v) is 3.05. The van der Waals surface area contributed by atoms with E-state index in [1.165, 1.54) is 12.8 Å². The Morgan fingerprint density at radius 3 is 2.96 bits per heavy atom. The van der Waals surface area contributed by atoms with Crippen LogP contribution in [0.1, 0.15) is 32.1 Å². The van der Waals surface area contributed by atoms with Crippen LogP contribution >= 0.6 is 28.3 Å². The van der Waals surface area contributed by atoms with Crippen molar-refractivity contribution in [3.05, 3.63) is 28.7 Å². The van der Waals surface area contributed by atoms with Crippen molar-refractivity contribution in [2.45, 2.75) is 32.1 Å². The van der Waals surface area contributed by atoms with Gasteiger partial charge in [0.2, 0.25) is 5.91 Å². The third-order valence-corrected chi connectivity index (χ3v) is 4.57. The molecular formula is C17H26BrClN2O2. The lowest BCUT2D eigenvalue weighted by Crippen LogP contribution is -2.33. The molecule has 1 saturated heterocycles. The molecule has 4 nitrogen and oxygen atoms in total. The SMILES string of the molecule is Cl.O=C(CCCOc1ccccc1Br)NCCC1CCCNC1. The highest BCUT2D eigenvalue weighted by Gasteiger charge is 2.12. The van der Waals surface area contributed by atoms with E-state index in [1.54, 1.807) is 0 Å². The third kappa shape index (κ3) is 8.04. The van der Waals surface area contributed by atoms with E-state index < -0.39 is 0 Å². The second-order valence-electron chi connectivity index (χ2n) is 5.73. The van der Waals surface area contributed by atoms with Crippen LogP contribution in [0.3, 0.4) is 0 Å². The number of para-hydroxylation sites is 1. The number of halogens is 2. The van der Waals surface area contributed by atoms with Gasteiger partial charge in [-0.15, -0.1) is 12.4 Å². The predicted octanol–water partition coefficient (Wildman–Crippen LogP) is 3.54. The van der Waals surface area contributed by atoms with E-state index in [0.717, 1.165) is 42.7 Å². The van der Waals surface area contributed by atoms with Crippen LogP contribution < -0.4 is 15.4 Å². The largest absolute Gasteiger partial charge is 0.492 e. The molecular weight excluding hydrogens is 380 g/mol. The predicted molar refractivity (Wildman–Crippen MR) is 99.3 cm³/mol. The van der Waals surface area contributed by atoms with E-state index in [9.17, 15) is 4.79 Å². The van der Waals surface area contributed by atoms with E-state index >= 15 is 0 Å². The molecule has 1 heterocycles. The van der Waals surface area contributed by atoms with Gasteiger partial charge in [0, 0.05) is 13.0 Å². The second kappa shape index (κ2) is 11.7. The van der Waals surface area contributed by atoms with Gasteiger partial charge in [-0.3, -0.25) is 4.79 Å². The summed E-state index contributed by atoms with van der Waals surface area (Å²) < 4.78 is 6.60. The number of piperidine rings is 1. The summed E-state index contributed by atoms with van der Waals surface area (Å²) >= 11 is 3.44. The van der Waals surface area contributed by atoms with Crippen LogP contribution in [-0.4, -0.2) is 32.1 Å². The lowest BCUT2D eigenvalue weighted by atomic mass is 9.96. The molecule has 0 spiro atoms. The van der Waals surface area contributed by atoms with Gasteiger partial charge in [-0.05, 0) is 72.8 Å². The summed E-state index contributed by atoms with van der Waals surface area (Å²) in [4.78, 5) is 11.8. The molecule has 2 rings (SSSR count). The Bertz CT molecular complexity index is 468. The number of hydrogen-bond acceptors (Lipinski definition) is 3. The van der Waals surface area contributed by atoms with Crippen LogP contribution in [0.25, 0.3) is 0 Å². The zero-order valence-corrected chi connectivity index (χ0v) is 15.8. The van der Waals surface area contributed by atoms with Crippen LogP contribution in [0.4, 0.5) is 0 Å². The Labute approximate surface area is 153 Å². The van der Waals surface area contributed by atoms with Crippen molar-refractivity contribution in [2.75, 3.05) is 26.2 Å². The lowest BCUT2D eigenvalue weighted by molar-refractivity contribution is -0.121. The smallest absolute Gasteiger partial charge is 0.220 e. The van der Waals surface area contributed by atoms with Crippen molar-refractivity contribution >= 4 is 34.2 Å². The summed E-state index contributed by atoms with van der Waals surface area (Å²) in [6.07, 6.45) is 4.87. The molecule has 6 heteroatoms. The van der Waals surface area contributed by atoms with Gasteiger partial charge >= 0.3 is 0 Å². The molecule has 1 aliphatic heterocycles. The van der Waals surface area contributed by atoms with Gasteiger partial charge in [0.05, 0.1) is 11.1 Å². The first-order valence-electron chi connectivity index (χ1n) is 8.10. The Morgan fingerprint density at radius 2 is 2.22 bits per heavy atom. The van der Waals surface area contributed by atoms with Crippen molar-refractivity contribution in [3.63, 3.8) is 0 Å². The molecule has 1 unspecified atom stereocenters. The van der Waals surface area contributed by atoms with E-state index in [1.807, 2.05) is 24.3 Å². The molecule has 1 amide bonds. The summed E-state index contributed by atoms with van der Waals surface area (Å²) in [5.74, 6) is 1.67. The highest BCUT2D eigenvalue weighted by atomic mass is 79.9. The van der Waals surface area contributed by atoms with Crippen LogP contribution in [0, 0.1) is 5.92 Å². The number of carbonyl (C=O) groups is 1. The Hall–Kier alpha value is -0.780. The van der Waals surface area contributed by atoms with Gasteiger partial charge in [-0.1, -0.05) is 12.1 Å². The number of ether oxygens (including phenoxy) is 1. The Morgan fingerprint density at radius 1 is 1.39 bits per heavy atom. The average Bonchev–Trinajstić information content (AvgIpc) is 2.54. The van der Waals surface area contributed by atoms with Gasteiger partial charge in [0.1, 0.15) is 5.75 Å². The number of amides is 1. The summed E-state index contributed by atoms with van der Waals surface area (Å²) in [6.45, 7) is 3.58. The maximum Gasteiger partial charge on any atom is 0.220 e. The minimum atomic E-state index is 0. The molecule has 0 bridgehead atoms. The molecule has 2 N–H and O–H groups in total. The van der Waals surface area contributed by atoms with Crippen LogP contribution in [0.15, 0.2) is 28.7 Å². The van der Waals surface area contributed by atoms with Crippen molar-refractivity contribution < 1.29 is 9.53 Å². The minimum Gasteiger partial charge on any atom is -0.492 e. The molecule has 23 heavy (non-hydrogen) atoms. The summed E-state index contributed by atoms with van der Waals surface area (Å²) in [6, 6.07) is 7.75. The first-order valence-corrected chi connectivity index (χ1v) is 8.90. The minimum absolute atomic E-state index is 0. The van der Waals surface area contributed by atoms with Crippen molar-refractivity contribution in [1.29, 1.82) is 0 Å². The monoisotopic (exact) mass is 404 g/mol. The zero-order chi connectivity index (χ0) is 15.6. The van der Waals surface area contributed by atoms with Crippen LogP contribution in [-0.2, 0) is 4.79 Å². The molecule has 0 radical (unpaired) electrons. The Balaban J connectivity index is 0.00000264. The van der Waals surface area contributed by atoms with E-state index in [-0.39, 0.29) is 18.3 Å². The summed E-state index contributed by atoms with van der Waals surface area (Å²) in [7, 11) is 0. The third-order valence-electron chi connectivity index (χ3n) is 3.92. The number of carbonyl (C=O) groups excluding carboxylic acids is 1. The van der Waals surface area contributed by atoms with Crippen molar-refractivity contribution in [3.8, 4) is 5.75 Å². The molecule has 1 fully saturated rings. The van der Waals surface area contributed by atoms with E-state index in [2.05, 4.69) is 26.6 Å². The normalized spacial score (nSPS) is 17.2. The highest BCUT2D eigenvalue weighted by Crippen LogP contribution is 2.23. The second-order valence-corrected chi connectivity index (χ2v) is 6.59. The summed E-state index contributed by atoms with van der Waals surface area (Å²) in [5, 5.41) is 6.41. The number of nitrogens with one attached hydrogen (secondary N) is 2. The maximum atomic E-state index is 11.8. The van der Waals surface area contributed by atoms with Crippen LogP contribution in [0.2, 0.25) is 0 Å². The quantitative estimate of drug-likeness (QED) is 0.650. The lowest BCUT2D eigenvalue weighted by Gasteiger charge is -2.22. The van der Waals surface area contributed by atoms with Gasteiger partial charge in [-0.2, -0.15) is 0 Å². The van der Waals surface area contributed by atoms with Crippen LogP contribution in [0.5, 0.6) is 5.75 Å². The van der Waals surface area contributed by atoms with Gasteiger partial charge in [-0.25, -0.2) is 0 Å². The molecule has 0 aromatic heterocycles. The number of benzene rings is 1. The van der Waals surface area contributed by atoms with Crippen molar-refractivity contribution in [2.24, 2.45) is 5.92 Å². The van der Waals surface area contributed by atoms with E-state index in [4.69, 9.17) is 4.74 Å². The number of hydrogen-bond donors (Lipinski definition) is 2. The van der Waals surface area contributed by atoms with E-state index in [0.29, 0.717) is 18.9 Å². The first-order chi connectivity index (χ1) is 10.8. The molecule has 0 aliphatic carbocycles. The summed E-state index contributed by atoms with van der Waals surface area (Å²) in [5.41, 5.74) is 0. The highest BCUT2D eigenvalue weighted by molar-refractivity contribution is 9.10. The maximum absolute atomic E-state index is 11.8. The van der Waals surface area contributed by atoms with Gasteiger partial charge in [0.15, 0.2) is 0 Å². The zero-order valence-electron chi connectivity index (χ0n) is 13.4. The fraction of sp³-hybridized carbons (Fsp3) is 0.588. The van der Waals surface area contributed by atoms with Gasteiger partial charge < -0.3 is 15.4 Å². The fourth-order valence-electron chi connectivity index (χ4n) is 2.65.